The van der Waals surface area contributed by atoms with Gasteiger partial charge >= 0.3 is 5.97 Å². The topological polar surface area (TPSA) is 108 Å². The van der Waals surface area contributed by atoms with E-state index in [4.69, 9.17) is 24.4 Å². The van der Waals surface area contributed by atoms with E-state index in [2.05, 4.69) is 6.07 Å². The van der Waals surface area contributed by atoms with Crippen molar-refractivity contribution < 1.29 is 23.4 Å². The Morgan fingerprint density at radius 2 is 1.92 bits per heavy atom. The van der Waals surface area contributed by atoms with Crippen molar-refractivity contribution in [1.29, 1.82) is 5.26 Å². The molecule has 1 aliphatic rings. The average Bonchev–Trinajstić information content (AvgIpc) is 3.19. The Hall–Kier alpha value is -4.70. The molecule has 36 heavy (non-hydrogen) atoms. The maximum absolute atomic E-state index is 13.0. The number of hydrogen-bond donors (Lipinski definition) is 1. The number of carbonyl (C=O) groups excluding carboxylic acids is 1. The second-order valence-electron chi connectivity index (χ2n) is 8.58. The molecule has 0 saturated heterocycles. The Labute approximate surface area is 208 Å². The van der Waals surface area contributed by atoms with Crippen LogP contribution in [0.4, 0.5) is 0 Å². The van der Waals surface area contributed by atoms with E-state index in [-0.39, 0.29) is 17.4 Å². The van der Waals surface area contributed by atoms with Crippen LogP contribution < -0.4 is 19.9 Å². The molecule has 0 radical (unpaired) electrons. The predicted octanol–water partition coefficient (Wildman–Crippen LogP) is 5.89. The van der Waals surface area contributed by atoms with Crippen LogP contribution in [0.15, 0.2) is 76.5 Å². The quantitative estimate of drug-likeness (QED) is 0.280. The van der Waals surface area contributed by atoms with Crippen LogP contribution in [-0.4, -0.2) is 12.6 Å². The van der Waals surface area contributed by atoms with E-state index >= 15 is 0 Å². The minimum absolute atomic E-state index is 0.00351. The zero-order valence-corrected chi connectivity index (χ0v) is 20.1. The first kappa shape index (κ1) is 23.1. The fourth-order valence-electron chi connectivity index (χ4n) is 4.48. The second-order valence-corrected chi connectivity index (χ2v) is 8.58. The number of carbonyl (C=O) groups is 1. The van der Waals surface area contributed by atoms with E-state index in [1.807, 2.05) is 63.2 Å². The third-order valence-corrected chi connectivity index (χ3v) is 6.18. The molecule has 4 aromatic rings. The summed E-state index contributed by atoms with van der Waals surface area (Å²) in [6.45, 7) is 6.24. The number of benzene rings is 3. The molecule has 0 aliphatic carbocycles. The number of nitriles is 1. The lowest BCUT2D eigenvalue weighted by atomic mass is 9.83. The van der Waals surface area contributed by atoms with Gasteiger partial charge in [-0.05, 0) is 56.7 Å². The lowest BCUT2D eigenvalue weighted by molar-refractivity contribution is 0.0702. The molecule has 180 valence electrons. The number of fused-ring (bicyclic) bond motifs is 2. The number of furan rings is 1. The molecule has 0 amide bonds. The molecular formula is C29H24N2O5. The standard InChI is InChI=1S/C29H24N2O5/c1-4-33-19-7-5-6-18(13-19)26-21-10-9-20(14-25(21)36-28(31)23(26)15-30)34-29(32)27-17(3)22-12-16(2)8-11-24(22)35-27/h5-14,26H,4,31H2,1-3H3. The molecule has 0 saturated carbocycles. The van der Waals surface area contributed by atoms with Gasteiger partial charge in [0.15, 0.2) is 0 Å². The number of hydrogen-bond acceptors (Lipinski definition) is 7. The largest absolute Gasteiger partial charge is 0.494 e. The molecule has 1 atom stereocenters. The van der Waals surface area contributed by atoms with Crippen LogP contribution in [0, 0.1) is 25.2 Å². The van der Waals surface area contributed by atoms with Crippen molar-refractivity contribution >= 4 is 16.9 Å². The molecule has 7 nitrogen and oxygen atoms in total. The number of esters is 1. The Bertz CT molecular complexity index is 1570. The fraction of sp³-hybridized carbons (Fsp3) is 0.172. The van der Waals surface area contributed by atoms with Gasteiger partial charge in [-0.2, -0.15) is 5.26 Å². The van der Waals surface area contributed by atoms with E-state index in [0.717, 1.165) is 22.1 Å². The van der Waals surface area contributed by atoms with E-state index in [1.54, 1.807) is 18.2 Å². The van der Waals surface area contributed by atoms with Gasteiger partial charge in [0, 0.05) is 22.6 Å². The molecule has 7 heteroatoms. The van der Waals surface area contributed by atoms with Crippen molar-refractivity contribution in [2.75, 3.05) is 6.61 Å². The van der Waals surface area contributed by atoms with Gasteiger partial charge in [-0.3, -0.25) is 0 Å². The normalized spacial score (nSPS) is 14.7. The Kier molecular flexibility index (Phi) is 5.87. The van der Waals surface area contributed by atoms with Crippen molar-refractivity contribution in [3.63, 3.8) is 0 Å². The highest BCUT2D eigenvalue weighted by Crippen LogP contribution is 2.44. The van der Waals surface area contributed by atoms with Gasteiger partial charge in [-0.15, -0.1) is 0 Å². The molecule has 0 bridgehead atoms. The maximum Gasteiger partial charge on any atom is 0.379 e. The van der Waals surface area contributed by atoms with Gasteiger partial charge in [0.25, 0.3) is 0 Å². The smallest absolute Gasteiger partial charge is 0.379 e. The van der Waals surface area contributed by atoms with Crippen molar-refractivity contribution in [2.24, 2.45) is 5.73 Å². The molecule has 5 rings (SSSR count). The van der Waals surface area contributed by atoms with Crippen LogP contribution in [-0.2, 0) is 0 Å². The van der Waals surface area contributed by atoms with Gasteiger partial charge in [-0.25, -0.2) is 4.79 Å². The summed E-state index contributed by atoms with van der Waals surface area (Å²) in [5.41, 5.74) is 10.4. The van der Waals surface area contributed by atoms with Crippen molar-refractivity contribution in [3.05, 3.63) is 100 Å². The minimum Gasteiger partial charge on any atom is -0.494 e. The number of nitrogens with zero attached hydrogens (tertiary/aromatic N) is 1. The highest BCUT2D eigenvalue weighted by molar-refractivity contribution is 5.97. The van der Waals surface area contributed by atoms with Crippen LogP contribution in [0.25, 0.3) is 11.0 Å². The SMILES string of the molecule is CCOc1cccc(C2C(C#N)=C(N)Oc3cc(OC(=O)c4oc5ccc(C)cc5c4C)ccc32)c1. The van der Waals surface area contributed by atoms with E-state index in [1.165, 1.54) is 0 Å². The highest BCUT2D eigenvalue weighted by Gasteiger charge is 2.31. The number of rotatable bonds is 5. The van der Waals surface area contributed by atoms with Gasteiger partial charge in [0.1, 0.15) is 34.5 Å². The molecule has 2 N–H and O–H groups in total. The molecule has 1 aliphatic heterocycles. The molecule has 0 spiro atoms. The third kappa shape index (κ3) is 4.03. The second kappa shape index (κ2) is 9.16. The molecule has 1 unspecified atom stereocenters. The third-order valence-electron chi connectivity index (χ3n) is 6.18. The molecular weight excluding hydrogens is 456 g/mol. The van der Waals surface area contributed by atoms with Crippen LogP contribution in [0.3, 0.4) is 0 Å². The summed E-state index contributed by atoms with van der Waals surface area (Å²) in [5, 5.41) is 10.7. The first-order valence-electron chi connectivity index (χ1n) is 11.6. The summed E-state index contributed by atoms with van der Waals surface area (Å²) in [6, 6.07) is 20.5. The van der Waals surface area contributed by atoms with Crippen LogP contribution in [0.2, 0.25) is 0 Å². The molecule has 3 aromatic carbocycles. The number of nitrogens with two attached hydrogens (primary N) is 1. The zero-order valence-electron chi connectivity index (χ0n) is 20.1. The van der Waals surface area contributed by atoms with Gasteiger partial charge in [-0.1, -0.05) is 29.8 Å². The average molecular weight is 481 g/mol. The van der Waals surface area contributed by atoms with Gasteiger partial charge < -0.3 is 24.4 Å². The Morgan fingerprint density at radius 3 is 2.69 bits per heavy atom. The lowest BCUT2D eigenvalue weighted by Crippen LogP contribution is -2.21. The Morgan fingerprint density at radius 1 is 1.08 bits per heavy atom. The van der Waals surface area contributed by atoms with Crippen molar-refractivity contribution in [2.45, 2.75) is 26.7 Å². The Balaban J connectivity index is 1.48. The minimum atomic E-state index is -0.612. The van der Waals surface area contributed by atoms with Crippen LogP contribution in [0.1, 0.15) is 45.7 Å². The highest BCUT2D eigenvalue weighted by atomic mass is 16.5. The van der Waals surface area contributed by atoms with E-state index in [9.17, 15) is 10.1 Å². The predicted molar refractivity (Wildman–Crippen MR) is 134 cm³/mol. The summed E-state index contributed by atoms with van der Waals surface area (Å²) in [7, 11) is 0. The van der Waals surface area contributed by atoms with E-state index < -0.39 is 11.9 Å². The fourth-order valence-corrected chi connectivity index (χ4v) is 4.48. The van der Waals surface area contributed by atoms with Crippen molar-refractivity contribution in [3.8, 4) is 23.3 Å². The summed E-state index contributed by atoms with van der Waals surface area (Å²) in [5.74, 6) is 0.449. The summed E-state index contributed by atoms with van der Waals surface area (Å²) >= 11 is 0. The first-order chi connectivity index (χ1) is 17.4. The summed E-state index contributed by atoms with van der Waals surface area (Å²) in [4.78, 5) is 13.0. The molecule has 1 aromatic heterocycles. The first-order valence-corrected chi connectivity index (χ1v) is 11.6. The van der Waals surface area contributed by atoms with Crippen LogP contribution in [0.5, 0.6) is 17.2 Å². The number of allylic oxidation sites excluding steroid dienone is 1. The zero-order chi connectivity index (χ0) is 25.4. The molecule has 2 heterocycles. The molecule has 0 fully saturated rings. The maximum atomic E-state index is 13.0. The monoisotopic (exact) mass is 480 g/mol. The lowest BCUT2D eigenvalue weighted by Gasteiger charge is -2.27. The number of aryl methyl sites for hydroxylation is 2. The van der Waals surface area contributed by atoms with Crippen molar-refractivity contribution in [1.82, 2.24) is 0 Å². The summed E-state index contributed by atoms with van der Waals surface area (Å²) in [6.07, 6.45) is 0. The van der Waals surface area contributed by atoms with Gasteiger partial charge in [0.2, 0.25) is 11.6 Å². The van der Waals surface area contributed by atoms with Crippen LogP contribution >= 0.6 is 0 Å². The van der Waals surface area contributed by atoms with E-state index in [0.29, 0.717) is 34.8 Å². The van der Waals surface area contributed by atoms with Gasteiger partial charge in [0.05, 0.1) is 12.5 Å². The summed E-state index contributed by atoms with van der Waals surface area (Å²) < 4.78 is 22.8. The number of ether oxygens (including phenoxy) is 3.